The number of rotatable bonds is 8. The molecule has 0 spiro atoms. The maximum Gasteiger partial charge on any atom is 0.233 e. The highest BCUT2D eigenvalue weighted by Gasteiger charge is 2.19. The average Bonchev–Trinajstić information content (AvgIpc) is 3.43. The van der Waals surface area contributed by atoms with Crippen LogP contribution in [-0.2, 0) is 17.8 Å². The Bertz CT molecular complexity index is 1190. The van der Waals surface area contributed by atoms with Crippen LogP contribution in [0, 0.1) is 13.8 Å². The third-order valence-corrected chi connectivity index (χ3v) is 7.00. The van der Waals surface area contributed by atoms with Crippen molar-refractivity contribution >= 4 is 29.0 Å². The van der Waals surface area contributed by atoms with Crippen molar-refractivity contribution in [2.24, 2.45) is 0 Å². The van der Waals surface area contributed by atoms with Gasteiger partial charge in [0, 0.05) is 18.3 Å². The second-order valence-electron chi connectivity index (χ2n) is 7.80. The van der Waals surface area contributed by atoms with E-state index in [2.05, 4.69) is 58.9 Å². The van der Waals surface area contributed by atoms with Crippen LogP contribution in [0.4, 0.5) is 0 Å². The Balaban J connectivity index is 1.58. The number of hydrogen-bond donors (Lipinski definition) is 0. The standard InChI is InChI=1S/C25H26N4OS2/c1-18-11-12-22(19(2)14-18)29-23(15-20-8-5-4-6-9-20)26-27-25(29)32-17-24(30)28(3)16-21-10-7-13-31-21/h4-14H,15-17H2,1-3H3. The van der Waals surface area contributed by atoms with Crippen LogP contribution in [0.15, 0.2) is 71.2 Å². The summed E-state index contributed by atoms with van der Waals surface area (Å²) in [5.74, 6) is 1.25. The molecule has 32 heavy (non-hydrogen) atoms. The molecule has 0 unspecified atom stereocenters. The molecule has 0 atom stereocenters. The van der Waals surface area contributed by atoms with Crippen molar-refractivity contribution in [2.45, 2.75) is 32.0 Å². The fraction of sp³-hybridized carbons (Fsp3) is 0.240. The molecule has 0 aliphatic heterocycles. The van der Waals surface area contributed by atoms with Gasteiger partial charge < -0.3 is 4.90 Å². The quantitative estimate of drug-likeness (QED) is 0.334. The highest BCUT2D eigenvalue weighted by atomic mass is 32.2. The number of thiophene rings is 1. The van der Waals surface area contributed by atoms with Gasteiger partial charge >= 0.3 is 0 Å². The van der Waals surface area contributed by atoms with Crippen LogP contribution in [0.3, 0.4) is 0 Å². The van der Waals surface area contributed by atoms with Crippen molar-refractivity contribution < 1.29 is 4.79 Å². The van der Waals surface area contributed by atoms with Crippen LogP contribution in [0.2, 0.25) is 0 Å². The highest BCUT2D eigenvalue weighted by molar-refractivity contribution is 7.99. The lowest BCUT2D eigenvalue weighted by molar-refractivity contribution is -0.127. The summed E-state index contributed by atoms with van der Waals surface area (Å²) in [4.78, 5) is 15.7. The van der Waals surface area contributed by atoms with E-state index in [4.69, 9.17) is 0 Å². The van der Waals surface area contributed by atoms with Gasteiger partial charge in [0.05, 0.1) is 18.0 Å². The summed E-state index contributed by atoms with van der Waals surface area (Å²) in [5, 5.41) is 11.7. The second kappa shape index (κ2) is 10.1. The summed E-state index contributed by atoms with van der Waals surface area (Å²) < 4.78 is 2.10. The Hall–Kier alpha value is -2.90. The molecule has 4 aromatic rings. The van der Waals surface area contributed by atoms with E-state index in [0.717, 1.165) is 22.2 Å². The van der Waals surface area contributed by atoms with Crippen molar-refractivity contribution in [3.05, 3.63) is 93.4 Å². The Labute approximate surface area is 197 Å². The van der Waals surface area contributed by atoms with Crippen LogP contribution >= 0.6 is 23.1 Å². The molecule has 2 aromatic carbocycles. The highest BCUT2D eigenvalue weighted by Crippen LogP contribution is 2.26. The van der Waals surface area contributed by atoms with Gasteiger partial charge in [-0.25, -0.2) is 0 Å². The number of nitrogens with zero attached hydrogens (tertiary/aromatic N) is 4. The average molecular weight is 463 g/mol. The van der Waals surface area contributed by atoms with Crippen LogP contribution in [-0.4, -0.2) is 38.4 Å². The number of aryl methyl sites for hydroxylation is 2. The largest absolute Gasteiger partial charge is 0.340 e. The van der Waals surface area contributed by atoms with Gasteiger partial charge in [0.1, 0.15) is 5.82 Å². The molecule has 0 saturated heterocycles. The van der Waals surface area contributed by atoms with Gasteiger partial charge in [0.25, 0.3) is 0 Å². The number of aromatic nitrogens is 3. The summed E-state index contributed by atoms with van der Waals surface area (Å²) >= 11 is 3.10. The number of carbonyl (C=O) groups excluding carboxylic acids is 1. The number of carbonyl (C=O) groups is 1. The van der Waals surface area contributed by atoms with E-state index in [0.29, 0.717) is 18.7 Å². The van der Waals surface area contributed by atoms with Crippen LogP contribution < -0.4 is 0 Å². The molecule has 7 heteroatoms. The van der Waals surface area contributed by atoms with Crippen molar-refractivity contribution in [1.29, 1.82) is 0 Å². The summed E-state index contributed by atoms with van der Waals surface area (Å²) in [7, 11) is 1.85. The van der Waals surface area contributed by atoms with E-state index in [-0.39, 0.29) is 5.91 Å². The van der Waals surface area contributed by atoms with Gasteiger partial charge in [0.2, 0.25) is 5.91 Å². The molecule has 2 aromatic heterocycles. The van der Waals surface area contributed by atoms with E-state index in [1.807, 2.05) is 42.8 Å². The lowest BCUT2D eigenvalue weighted by Crippen LogP contribution is -2.27. The molecule has 0 radical (unpaired) electrons. The second-order valence-corrected chi connectivity index (χ2v) is 9.78. The van der Waals surface area contributed by atoms with Gasteiger partial charge in [-0.05, 0) is 42.5 Å². The van der Waals surface area contributed by atoms with Crippen LogP contribution in [0.5, 0.6) is 0 Å². The number of amides is 1. The Kier molecular flexibility index (Phi) is 7.07. The Morgan fingerprint density at radius 2 is 1.88 bits per heavy atom. The van der Waals surface area contributed by atoms with Crippen molar-refractivity contribution in [3.63, 3.8) is 0 Å². The summed E-state index contributed by atoms with van der Waals surface area (Å²) in [6, 6.07) is 20.7. The molecule has 0 N–H and O–H groups in total. The molecule has 4 rings (SSSR count). The zero-order chi connectivity index (χ0) is 22.5. The molecular formula is C25H26N4OS2. The predicted octanol–water partition coefficient (Wildman–Crippen LogP) is 5.29. The Morgan fingerprint density at radius 3 is 2.59 bits per heavy atom. The first-order valence-electron chi connectivity index (χ1n) is 10.5. The van der Waals surface area contributed by atoms with Gasteiger partial charge in [-0.3, -0.25) is 9.36 Å². The molecule has 0 bridgehead atoms. The van der Waals surface area contributed by atoms with Crippen molar-refractivity contribution in [3.8, 4) is 5.69 Å². The van der Waals surface area contributed by atoms with Gasteiger partial charge in [-0.1, -0.05) is 65.9 Å². The molecule has 1 amide bonds. The van der Waals surface area contributed by atoms with Crippen LogP contribution in [0.25, 0.3) is 5.69 Å². The summed E-state index contributed by atoms with van der Waals surface area (Å²) in [6.45, 7) is 4.81. The number of benzene rings is 2. The molecule has 164 valence electrons. The van der Waals surface area contributed by atoms with E-state index in [9.17, 15) is 4.79 Å². The molecule has 0 saturated carbocycles. The lowest BCUT2D eigenvalue weighted by atomic mass is 10.1. The SMILES string of the molecule is Cc1ccc(-n2c(Cc3ccccc3)nnc2SCC(=O)N(C)Cc2cccs2)c(C)c1. The zero-order valence-electron chi connectivity index (χ0n) is 18.5. The van der Waals surface area contributed by atoms with Crippen LogP contribution in [0.1, 0.15) is 27.4 Å². The van der Waals surface area contributed by atoms with Gasteiger partial charge in [-0.2, -0.15) is 0 Å². The van der Waals surface area contributed by atoms with E-state index in [1.165, 1.54) is 27.8 Å². The molecular weight excluding hydrogens is 436 g/mol. The molecule has 2 heterocycles. The first-order valence-corrected chi connectivity index (χ1v) is 12.3. The molecule has 0 aliphatic carbocycles. The number of hydrogen-bond acceptors (Lipinski definition) is 5. The smallest absolute Gasteiger partial charge is 0.233 e. The molecule has 0 aliphatic rings. The monoisotopic (exact) mass is 462 g/mol. The fourth-order valence-corrected chi connectivity index (χ4v) is 5.21. The third-order valence-electron chi connectivity index (χ3n) is 5.22. The van der Waals surface area contributed by atoms with E-state index in [1.54, 1.807) is 16.2 Å². The first-order chi connectivity index (χ1) is 15.5. The van der Waals surface area contributed by atoms with Crippen molar-refractivity contribution in [2.75, 3.05) is 12.8 Å². The minimum atomic E-state index is 0.0724. The lowest BCUT2D eigenvalue weighted by Gasteiger charge is -2.17. The molecule has 5 nitrogen and oxygen atoms in total. The number of thioether (sulfide) groups is 1. The Morgan fingerprint density at radius 1 is 1.06 bits per heavy atom. The summed E-state index contributed by atoms with van der Waals surface area (Å²) in [5.41, 5.74) is 4.59. The molecule has 0 fully saturated rings. The predicted molar refractivity (Wildman–Crippen MR) is 132 cm³/mol. The summed E-state index contributed by atoms with van der Waals surface area (Å²) in [6.07, 6.45) is 0.675. The maximum absolute atomic E-state index is 12.8. The van der Waals surface area contributed by atoms with Gasteiger partial charge in [0.15, 0.2) is 5.16 Å². The zero-order valence-corrected chi connectivity index (χ0v) is 20.1. The van der Waals surface area contributed by atoms with E-state index < -0.39 is 0 Å². The fourth-order valence-electron chi connectivity index (χ4n) is 3.55. The maximum atomic E-state index is 12.8. The minimum Gasteiger partial charge on any atom is -0.340 e. The van der Waals surface area contributed by atoms with Crippen molar-refractivity contribution in [1.82, 2.24) is 19.7 Å². The van der Waals surface area contributed by atoms with Gasteiger partial charge in [-0.15, -0.1) is 21.5 Å². The third kappa shape index (κ3) is 5.29. The van der Waals surface area contributed by atoms with E-state index >= 15 is 0 Å². The normalized spacial score (nSPS) is 11.0. The minimum absolute atomic E-state index is 0.0724. The topological polar surface area (TPSA) is 51.0 Å². The first kappa shape index (κ1) is 22.3.